The Morgan fingerprint density at radius 2 is 1.74 bits per heavy atom. The molecular weight excluding hydrogens is 382 g/mol. The summed E-state index contributed by atoms with van der Waals surface area (Å²) in [7, 11) is 0. The summed E-state index contributed by atoms with van der Waals surface area (Å²) >= 11 is 5.79. The number of halogens is 5. The molecule has 1 aliphatic carbocycles. The maximum absolute atomic E-state index is 14.1. The topological polar surface area (TPSA) is 29.1 Å². The Balaban J connectivity index is 1.91. The lowest BCUT2D eigenvalue weighted by atomic mass is 9.86. The maximum Gasteiger partial charge on any atom is 0.392 e. The van der Waals surface area contributed by atoms with E-state index in [1.165, 1.54) is 36.4 Å². The molecule has 0 bridgehead atoms. The van der Waals surface area contributed by atoms with Gasteiger partial charge in [-0.1, -0.05) is 36.7 Å². The number of hydrogen-bond acceptors (Lipinski definition) is 1. The van der Waals surface area contributed by atoms with Gasteiger partial charge in [-0.2, -0.15) is 13.2 Å². The highest BCUT2D eigenvalue weighted by molar-refractivity contribution is 6.30. The van der Waals surface area contributed by atoms with E-state index in [4.69, 9.17) is 11.6 Å². The van der Waals surface area contributed by atoms with E-state index in [-0.39, 0.29) is 11.3 Å². The molecule has 0 unspecified atom stereocenters. The average Bonchev–Trinajstić information content (AvgIpc) is 3.43. The van der Waals surface area contributed by atoms with Gasteiger partial charge in [0.1, 0.15) is 5.82 Å². The standard InChI is InChI=1S/C20H17ClF4NO/c1-11(20(23,24)25)18(13-4-7-15(21)8-5-13)19(27)26-17-10-14(12-2-3-12)6-9-16(17)22/h4-11,18H,2-3H2,1H3,(H,26,27)/t11-,18+/m1/s1. The number of benzene rings is 2. The lowest BCUT2D eigenvalue weighted by molar-refractivity contribution is -0.178. The van der Waals surface area contributed by atoms with Gasteiger partial charge < -0.3 is 5.32 Å². The molecule has 1 aliphatic rings. The van der Waals surface area contributed by atoms with Gasteiger partial charge in [-0.3, -0.25) is 4.79 Å². The van der Waals surface area contributed by atoms with Crippen molar-refractivity contribution in [3.63, 3.8) is 0 Å². The molecule has 0 saturated heterocycles. The molecule has 27 heavy (non-hydrogen) atoms. The fourth-order valence-electron chi connectivity index (χ4n) is 2.93. The number of anilines is 1. The van der Waals surface area contributed by atoms with Crippen LogP contribution in [0.25, 0.3) is 0 Å². The van der Waals surface area contributed by atoms with Crippen LogP contribution in [0.2, 0.25) is 5.02 Å². The van der Waals surface area contributed by atoms with Crippen LogP contribution in [-0.2, 0) is 4.79 Å². The van der Waals surface area contributed by atoms with Crippen molar-refractivity contribution in [3.8, 4) is 0 Å². The Bertz CT molecular complexity index is 831. The highest BCUT2D eigenvalue weighted by Crippen LogP contribution is 2.41. The Labute approximate surface area is 159 Å². The first-order valence-corrected chi connectivity index (χ1v) is 8.82. The molecule has 2 aromatic carbocycles. The molecule has 3 rings (SSSR count). The highest BCUT2D eigenvalue weighted by atomic mass is 35.5. The van der Waals surface area contributed by atoms with Crippen LogP contribution in [-0.4, -0.2) is 12.1 Å². The molecule has 2 atom stereocenters. The van der Waals surface area contributed by atoms with Gasteiger partial charge in [-0.25, -0.2) is 4.39 Å². The summed E-state index contributed by atoms with van der Waals surface area (Å²) < 4.78 is 54.1. The van der Waals surface area contributed by atoms with Crippen molar-refractivity contribution in [2.75, 3.05) is 5.32 Å². The number of rotatable bonds is 5. The molecule has 1 N–H and O–H groups in total. The second-order valence-corrected chi connectivity index (χ2v) is 7.08. The molecule has 0 aliphatic heterocycles. The van der Waals surface area contributed by atoms with Crippen LogP contribution >= 0.6 is 11.6 Å². The minimum atomic E-state index is -4.59. The van der Waals surface area contributed by atoms with E-state index in [0.717, 1.165) is 31.2 Å². The van der Waals surface area contributed by atoms with Crippen molar-refractivity contribution in [2.24, 2.45) is 5.92 Å². The summed E-state index contributed by atoms with van der Waals surface area (Å²) in [6, 6.07) is 9.87. The highest BCUT2D eigenvalue weighted by Gasteiger charge is 2.45. The Hall–Kier alpha value is -2.08. The zero-order valence-electron chi connectivity index (χ0n) is 14.4. The quantitative estimate of drug-likeness (QED) is 0.604. The zero-order valence-corrected chi connectivity index (χ0v) is 15.2. The van der Waals surface area contributed by atoms with Crippen LogP contribution in [0.5, 0.6) is 0 Å². The number of carbonyl (C=O) groups excluding carboxylic acids is 1. The molecule has 2 aromatic rings. The predicted octanol–water partition coefficient (Wildman–Crippen LogP) is 6.12. The lowest BCUT2D eigenvalue weighted by Gasteiger charge is -2.26. The summed E-state index contributed by atoms with van der Waals surface area (Å²) in [5, 5.41) is 2.68. The van der Waals surface area contributed by atoms with E-state index in [1.54, 1.807) is 6.07 Å². The molecule has 1 fully saturated rings. The largest absolute Gasteiger partial charge is 0.392 e. The molecule has 1 saturated carbocycles. The number of alkyl halides is 3. The number of hydrogen-bond donors (Lipinski definition) is 1. The van der Waals surface area contributed by atoms with Gasteiger partial charge in [0.15, 0.2) is 0 Å². The van der Waals surface area contributed by atoms with Crippen molar-refractivity contribution in [1.29, 1.82) is 0 Å². The minimum absolute atomic E-state index is 0.120. The van der Waals surface area contributed by atoms with Crippen molar-refractivity contribution < 1.29 is 22.4 Å². The molecule has 1 amide bonds. The monoisotopic (exact) mass is 398 g/mol. The Kier molecular flexibility index (Phi) is 5.47. The Morgan fingerprint density at radius 1 is 1.11 bits per heavy atom. The first-order valence-electron chi connectivity index (χ1n) is 8.44. The van der Waals surface area contributed by atoms with Gasteiger partial charge in [0.05, 0.1) is 17.5 Å². The van der Waals surface area contributed by atoms with Crippen LogP contribution in [0, 0.1) is 17.7 Å². The Morgan fingerprint density at radius 3 is 2.30 bits per heavy atom. The van der Waals surface area contributed by atoms with Gasteiger partial charge in [-0.15, -0.1) is 0 Å². The van der Waals surface area contributed by atoms with Crippen LogP contribution in [0.1, 0.15) is 36.8 Å². The summed E-state index contributed by atoms with van der Waals surface area (Å²) in [6.45, 7) is 0.936. The van der Waals surface area contributed by atoms with Gasteiger partial charge in [0.2, 0.25) is 5.91 Å². The first kappa shape index (κ1) is 19.7. The normalized spacial score (nSPS) is 16.7. The second-order valence-electron chi connectivity index (χ2n) is 6.65. The summed E-state index contributed by atoms with van der Waals surface area (Å²) in [5.41, 5.74) is 0.832. The van der Waals surface area contributed by atoms with E-state index in [9.17, 15) is 22.4 Å². The molecule has 2 nitrogen and oxygen atoms in total. The average molecular weight is 399 g/mol. The van der Waals surface area contributed by atoms with Crippen molar-refractivity contribution in [2.45, 2.75) is 31.9 Å². The van der Waals surface area contributed by atoms with E-state index in [1.807, 2.05) is 0 Å². The van der Waals surface area contributed by atoms with E-state index >= 15 is 0 Å². The summed E-state index contributed by atoms with van der Waals surface area (Å²) in [6.07, 6.45) is -2.79. The number of amides is 1. The molecule has 1 radical (unpaired) electrons. The maximum atomic E-state index is 14.1. The van der Waals surface area contributed by atoms with Gasteiger partial charge in [0, 0.05) is 10.9 Å². The van der Waals surface area contributed by atoms with Crippen LogP contribution in [0.4, 0.5) is 23.2 Å². The molecule has 143 valence electrons. The van der Waals surface area contributed by atoms with Crippen LogP contribution < -0.4 is 5.32 Å². The van der Waals surface area contributed by atoms with E-state index < -0.39 is 29.7 Å². The van der Waals surface area contributed by atoms with Gasteiger partial charge >= 0.3 is 6.18 Å². The van der Waals surface area contributed by atoms with Gasteiger partial charge in [0.25, 0.3) is 0 Å². The zero-order chi connectivity index (χ0) is 19.8. The van der Waals surface area contributed by atoms with Crippen molar-refractivity contribution in [3.05, 3.63) is 70.3 Å². The molecule has 0 heterocycles. The second kappa shape index (κ2) is 7.50. The molecule has 0 spiro atoms. The fraction of sp³-hybridized carbons (Fsp3) is 0.300. The molecular formula is C20H17ClF4NO. The fourth-order valence-corrected chi connectivity index (χ4v) is 3.05. The third kappa shape index (κ3) is 4.61. The third-order valence-electron chi connectivity index (χ3n) is 4.66. The van der Waals surface area contributed by atoms with Crippen molar-refractivity contribution >= 4 is 23.2 Å². The smallest absolute Gasteiger partial charge is 0.323 e. The molecule has 0 aromatic heterocycles. The third-order valence-corrected chi connectivity index (χ3v) is 4.91. The molecule has 7 heteroatoms. The SMILES string of the molecule is C[C@H]([C@H](C(=O)Nc1cc([C]2CC2)ccc1F)c1ccc(Cl)cc1)C(F)(F)F. The lowest BCUT2D eigenvalue weighted by Crippen LogP contribution is -2.34. The van der Waals surface area contributed by atoms with Crippen LogP contribution in [0.3, 0.4) is 0 Å². The minimum Gasteiger partial charge on any atom is -0.323 e. The van der Waals surface area contributed by atoms with Crippen LogP contribution in [0.15, 0.2) is 42.5 Å². The summed E-state index contributed by atoms with van der Waals surface area (Å²) in [4.78, 5) is 12.7. The van der Waals surface area contributed by atoms with Crippen molar-refractivity contribution in [1.82, 2.24) is 0 Å². The predicted molar refractivity (Wildman–Crippen MR) is 96.0 cm³/mol. The summed E-state index contributed by atoms with van der Waals surface area (Å²) in [5.74, 6) is -3.97. The first-order chi connectivity index (χ1) is 12.7. The van der Waals surface area contributed by atoms with E-state index in [2.05, 4.69) is 5.32 Å². The number of carbonyl (C=O) groups is 1. The number of nitrogens with one attached hydrogen (secondary N) is 1. The van der Waals surface area contributed by atoms with Gasteiger partial charge in [-0.05, 0) is 48.2 Å². The van der Waals surface area contributed by atoms with E-state index in [0.29, 0.717) is 5.02 Å².